The van der Waals surface area contributed by atoms with E-state index in [-0.39, 0.29) is 35.4 Å². The number of ether oxygens (including phenoxy) is 3. The van der Waals surface area contributed by atoms with Crippen LogP contribution in [0.1, 0.15) is 47.5 Å². The first kappa shape index (κ1) is 33.0. The van der Waals surface area contributed by atoms with Gasteiger partial charge in [0.1, 0.15) is 6.10 Å². The quantitative estimate of drug-likeness (QED) is 0.256. The van der Waals surface area contributed by atoms with Gasteiger partial charge in [0, 0.05) is 49.9 Å². The van der Waals surface area contributed by atoms with Crippen molar-refractivity contribution in [3.05, 3.63) is 58.5 Å². The van der Waals surface area contributed by atoms with E-state index in [4.69, 9.17) is 19.9 Å². The number of methoxy groups -OCH3 is 2. The summed E-state index contributed by atoms with van der Waals surface area (Å²) in [5, 5.41) is 13.9. The number of nitrogens with one attached hydrogen (secondary N) is 1. The molecule has 0 radical (unpaired) electrons. The van der Waals surface area contributed by atoms with E-state index in [1.807, 2.05) is 25.7 Å². The van der Waals surface area contributed by atoms with Crippen molar-refractivity contribution in [3.8, 4) is 0 Å². The Morgan fingerprint density at radius 1 is 1.12 bits per heavy atom. The van der Waals surface area contributed by atoms with E-state index in [2.05, 4.69) is 5.32 Å². The highest BCUT2D eigenvalue weighted by molar-refractivity contribution is 6.23. The zero-order valence-electron chi connectivity index (χ0n) is 25.4. The lowest BCUT2D eigenvalue weighted by Gasteiger charge is -2.30. The number of nitrogens with two attached hydrogens (primary N) is 1. The summed E-state index contributed by atoms with van der Waals surface area (Å²) in [5.74, 6) is -1.87. The molecule has 7 atom stereocenters. The first-order chi connectivity index (χ1) is 19.8. The van der Waals surface area contributed by atoms with E-state index >= 15 is 0 Å². The molecule has 0 saturated carbocycles. The van der Waals surface area contributed by atoms with Gasteiger partial charge in [-0.3, -0.25) is 14.4 Å². The summed E-state index contributed by atoms with van der Waals surface area (Å²) in [6.07, 6.45) is 4.09. The number of hydrogen-bond donors (Lipinski definition) is 3. The van der Waals surface area contributed by atoms with Crippen molar-refractivity contribution in [1.82, 2.24) is 10.2 Å². The second kappa shape index (κ2) is 14.1. The Bertz CT molecular complexity index is 1250. The summed E-state index contributed by atoms with van der Waals surface area (Å²) in [6.45, 7) is 9.70. The predicted molar refractivity (Wildman–Crippen MR) is 156 cm³/mol. The molecule has 3 aliphatic rings. The van der Waals surface area contributed by atoms with Crippen LogP contribution in [0.15, 0.2) is 58.5 Å². The standard InChI is InChI=1S/C31H43N3O8/c1-16-11-21-26(34-15-20(34)5)23(35)14-22(28(21)37)33-30(38)17(2)9-8-10-24(40-6)29(42-31(32)39)19(4)13-18(3)27(36)25(12-16)41-7/h8-10,13-14,16,18,20,24-25,27,29,36H,11-12,15H2,1-7H3,(H2,32,39)(H,33,38)/b10-8-,17-9+,19-13+/t16-,18+,20?,24+,25+,27-,29+,34?/m1/s1. The zero-order valence-corrected chi connectivity index (χ0v) is 25.4. The van der Waals surface area contributed by atoms with Gasteiger partial charge < -0.3 is 35.3 Å². The number of carbonyl (C=O) groups excluding carboxylic acids is 4. The Kier molecular flexibility index (Phi) is 11.1. The van der Waals surface area contributed by atoms with Gasteiger partial charge in [0.15, 0.2) is 6.10 Å². The van der Waals surface area contributed by atoms with Gasteiger partial charge in [0.25, 0.3) is 5.91 Å². The highest BCUT2D eigenvalue weighted by atomic mass is 16.6. The van der Waals surface area contributed by atoms with Gasteiger partial charge in [-0.25, -0.2) is 4.79 Å². The summed E-state index contributed by atoms with van der Waals surface area (Å²) in [7, 11) is 2.95. The third kappa shape index (κ3) is 7.84. The fraction of sp³-hybridized carbons (Fsp3) is 0.548. The van der Waals surface area contributed by atoms with E-state index in [1.54, 1.807) is 32.1 Å². The third-order valence-electron chi connectivity index (χ3n) is 7.91. The van der Waals surface area contributed by atoms with Crippen molar-refractivity contribution < 1.29 is 38.5 Å². The smallest absolute Gasteiger partial charge is 0.405 e. The average molecular weight is 586 g/mol. The molecule has 4 N–H and O–H groups in total. The number of fused-ring (bicyclic) bond motifs is 2. The lowest BCUT2D eigenvalue weighted by Crippen LogP contribution is -2.37. The Hall–Kier alpha value is -3.54. The van der Waals surface area contributed by atoms with Crippen LogP contribution in [-0.2, 0) is 28.6 Å². The number of hydrogen-bond acceptors (Lipinski definition) is 9. The second-order valence-corrected chi connectivity index (χ2v) is 11.4. The number of primary amides is 1. The minimum atomic E-state index is -0.992. The summed E-state index contributed by atoms with van der Waals surface area (Å²) in [6, 6.07) is 0.140. The maximum atomic E-state index is 13.7. The molecular formula is C31H43N3O8. The molecule has 2 bridgehead atoms. The molecule has 11 nitrogen and oxygen atoms in total. The van der Waals surface area contributed by atoms with Gasteiger partial charge in [-0.15, -0.1) is 0 Å². The number of aliphatic hydroxyl groups excluding tert-OH is 1. The van der Waals surface area contributed by atoms with E-state index < -0.39 is 48.1 Å². The summed E-state index contributed by atoms with van der Waals surface area (Å²) < 4.78 is 16.6. The van der Waals surface area contributed by atoms with Crippen molar-refractivity contribution in [3.63, 3.8) is 0 Å². The summed E-state index contributed by atoms with van der Waals surface area (Å²) >= 11 is 0. The fourth-order valence-corrected chi connectivity index (χ4v) is 5.43. The van der Waals surface area contributed by atoms with Crippen LogP contribution < -0.4 is 11.1 Å². The molecular weight excluding hydrogens is 542 g/mol. The first-order valence-corrected chi connectivity index (χ1v) is 14.1. The van der Waals surface area contributed by atoms with Crippen LogP contribution in [0.4, 0.5) is 4.79 Å². The third-order valence-corrected chi connectivity index (χ3v) is 7.91. The Morgan fingerprint density at radius 2 is 1.79 bits per heavy atom. The lowest BCUT2D eigenvalue weighted by molar-refractivity contribution is -0.120. The van der Waals surface area contributed by atoms with Gasteiger partial charge >= 0.3 is 6.09 Å². The van der Waals surface area contributed by atoms with Crippen LogP contribution >= 0.6 is 0 Å². The number of ketones is 2. The zero-order chi connectivity index (χ0) is 31.3. The lowest BCUT2D eigenvalue weighted by atomic mass is 9.85. The molecule has 0 spiro atoms. The Labute approximate surface area is 247 Å². The maximum absolute atomic E-state index is 13.7. The molecule has 1 unspecified atom stereocenters. The number of nitrogens with zero attached hydrogens (tertiary/aromatic N) is 1. The Morgan fingerprint density at radius 3 is 2.36 bits per heavy atom. The number of aliphatic hydroxyl groups is 1. The van der Waals surface area contributed by atoms with E-state index in [0.29, 0.717) is 29.8 Å². The van der Waals surface area contributed by atoms with Gasteiger partial charge in [-0.2, -0.15) is 0 Å². The molecule has 0 aromatic carbocycles. The molecule has 1 fully saturated rings. The van der Waals surface area contributed by atoms with Crippen molar-refractivity contribution in [2.45, 2.75) is 77.9 Å². The highest BCUT2D eigenvalue weighted by Gasteiger charge is 2.41. The highest BCUT2D eigenvalue weighted by Crippen LogP contribution is 2.35. The van der Waals surface area contributed by atoms with Gasteiger partial charge in [-0.05, 0) is 45.1 Å². The maximum Gasteiger partial charge on any atom is 0.405 e. The van der Waals surface area contributed by atoms with Crippen molar-refractivity contribution >= 4 is 23.6 Å². The molecule has 2 aliphatic heterocycles. The normalized spacial score (nSPS) is 35.0. The van der Waals surface area contributed by atoms with Crippen LogP contribution in [0.25, 0.3) is 0 Å². The first-order valence-electron chi connectivity index (χ1n) is 14.1. The monoisotopic (exact) mass is 585 g/mol. The van der Waals surface area contributed by atoms with Gasteiger partial charge in [0.2, 0.25) is 11.6 Å². The fourth-order valence-electron chi connectivity index (χ4n) is 5.43. The molecule has 11 heteroatoms. The number of carbonyl (C=O) groups is 4. The molecule has 0 aromatic heterocycles. The van der Waals surface area contributed by atoms with Gasteiger partial charge in [0.05, 0.1) is 23.6 Å². The number of rotatable bonds is 4. The molecule has 1 aliphatic carbocycles. The van der Waals surface area contributed by atoms with E-state index in [9.17, 15) is 24.3 Å². The molecule has 0 aromatic rings. The minimum absolute atomic E-state index is 0.0819. The molecule has 42 heavy (non-hydrogen) atoms. The van der Waals surface area contributed by atoms with E-state index in [0.717, 1.165) is 0 Å². The van der Waals surface area contributed by atoms with Crippen molar-refractivity contribution in [2.24, 2.45) is 17.6 Å². The van der Waals surface area contributed by atoms with Crippen LogP contribution in [0.5, 0.6) is 0 Å². The summed E-state index contributed by atoms with van der Waals surface area (Å²) in [5.41, 5.74) is 6.84. The molecule has 3 rings (SSSR count). The predicted octanol–water partition coefficient (Wildman–Crippen LogP) is 2.47. The van der Waals surface area contributed by atoms with Crippen LogP contribution in [-0.4, -0.2) is 84.8 Å². The number of amides is 2. The van der Waals surface area contributed by atoms with Crippen LogP contribution in [0.3, 0.4) is 0 Å². The van der Waals surface area contributed by atoms with E-state index in [1.165, 1.54) is 26.4 Å². The van der Waals surface area contributed by atoms with Gasteiger partial charge in [-0.1, -0.05) is 38.2 Å². The topological polar surface area (TPSA) is 157 Å². The Balaban J connectivity index is 2.07. The average Bonchev–Trinajstić information content (AvgIpc) is 3.65. The minimum Gasteiger partial charge on any atom is -0.439 e. The molecule has 230 valence electrons. The largest absolute Gasteiger partial charge is 0.439 e. The van der Waals surface area contributed by atoms with Crippen molar-refractivity contribution in [1.29, 1.82) is 0 Å². The van der Waals surface area contributed by atoms with Crippen molar-refractivity contribution in [2.75, 3.05) is 20.8 Å². The number of allylic oxidation sites excluding steroid dienone is 4. The second-order valence-electron chi connectivity index (χ2n) is 11.4. The van der Waals surface area contributed by atoms with Crippen LogP contribution in [0, 0.1) is 11.8 Å². The summed E-state index contributed by atoms with van der Waals surface area (Å²) in [4.78, 5) is 53.5. The molecule has 2 amide bonds. The molecule has 1 saturated heterocycles. The SMILES string of the molecule is CO[C@H]1/C=C\C=C(/C)C(=O)NC2=CC(=O)C(N3CC3C)=C(C[C@@H](C)C[C@H](OC)[C@H](O)[C@@H](C)/C=C(\C)[C@@H]1OC(N)=O)C2=O. The van der Waals surface area contributed by atoms with Crippen LogP contribution in [0.2, 0.25) is 0 Å². The number of Topliss-reactive ketones (excluding diaryl/α,β-unsaturated/α-hetero) is 1. The molecule has 2 heterocycles.